The average Bonchev–Trinajstić information content (AvgIpc) is 3.09. The van der Waals surface area contributed by atoms with Crippen LogP contribution in [0.1, 0.15) is 53.3 Å². The van der Waals surface area contributed by atoms with Gasteiger partial charge >= 0.3 is 0 Å². The maximum absolute atomic E-state index is 12.5. The van der Waals surface area contributed by atoms with Crippen LogP contribution in [0.5, 0.6) is 0 Å². The number of nitrogens with zero attached hydrogens (tertiary/aromatic N) is 2. The highest BCUT2D eigenvalue weighted by molar-refractivity contribution is 5.94. The van der Waals surface area contributed by atoms with Crippen LogP contribution in [0.3, 0.4) is 0 Å². The minimum atomic E-state index is -0.486. The van der Waals surface area contributed by atoms with Crippen LogP contribution in [0.25, 0.3) is 0 Å². The standard InChI is InChI=1S/C16H19N3O2/c1-11-5-7-13(8-6-11)14(20)18-16(9-3-4-10-16)15-17-12(2)21-19-15/h5-8H,3-4,9-10H2,1-2H3,(H,18,20). The molecule has 5 nitrogen and oxygen atoms in total. The van der Waals surface area contributed by atoms with Gasteiger partial charge in [0.1, 0.15) is 5.54 Å². The maximum Gasteiger partial charge on any atom is 0.252 e. The Labute approximate surface area is 123 Å². The van der Waals surface area contributed by atoms with E-state index in [-0.39, 0.29) is 5.91 Å². The third kappa shape index (κ3) is 2.68. The minimum Gasteiger partial charge on any atom is -0.340 e. The molecule has 0 bridgehead atoms. The van der Waals surface area contributed by atoms with Crippen LogP contribution >= 0.6 is 0 Å². The van der Waals surface area contributed by atoms with Crippen LogP contribution < -0.4 is 5.32 Å². The summed E-state index contributed by atoms with van der Waals surface area (Å²) in [5.41, 5.74) is 1.31. The number of carbonyl (C=O) groups is 1. The molecular weight excluding hydrogens is 266 g/mol. The first-order chi connectivity index (χ1) is 10.1. The normalized spacial score (nSPS) is 16.9. The third-order valence-electron chi connectivity index (χ3n) is 4.08. The van der Waals surface area contributed by atoms with Gasteiger partial charge in [0.25, 0.3) is 5.91 Å². The molecule has 0 spiro atoms. The zero-order valence-corrected chi connectivity index (χ0v) is 12.3. The molecule has 1 N–H and O–H groups in total. The molecule has 1 aromatic heterocycles. The average molecular weight is 285 g/mol. The van der Waals surface area contributed by atoms with E-state index >= 15 is 0 Å². The number of hydrogen-bond donors (Lipinski definition) is 1. The first kappa shape index (κ1) is 13.8. The second kappa shape index (κ2) is 5.31. The van der Waals surface area contributed by atoms with Crippen molar-refractivity contribution in [3.63, 3.8) is 0 Å². The fraction of sp³-hybridized carbons (Fsp3) is 0.438. The van der Waals surface area contributed by atoms with Gasteiger partial charge in [-0.3, -0.25) is 4.79 Å². The number of aromatic nitrogens is 2. The fourth-order valence-electron chi connectivity index (χ4n) is 2.87. The van der Waals surface area contributed by atoms with E-state index < -0.39 is 5.54 Å². The number of benzene rings is 1. The van der Waals surface area contributed by atoms with Crippen molar-refractivity contribution in [2.24, 2.45) is 0 Å². The van der Waals surface area contributed by atoms with Gasteiger partial charge in [0.05, 0.1) is 0 Å². The Hall–Kier alpha value is -2.17. The number of nitrogens with one attached hydrogen (secondary N) is 1. The van der Waals surface area contributed by atoms with Crippen LogP contribution in [0, 0.1) is 13.8 Å². The summed E-state index contributed by atoms with van der Waals surface area (Å²) in [6, 6.07) is 7.56. The maximum atomic E-state index is 12.5. The molecule has 1 fully saturated rings. The van der Waals surface area contributed by atoms with Gasteiger partial charge in [0, 0.05) is 12.5 Å². The van der Waals surface area contributed by atoms with Crippen molar-refractivity contribution in [2.45, 2.75) is 45.1 Å². The number of hydrogen-bond acceptors (Lipinski definition) is 4. The molecule has 1 amide bonds. The Morgan fingerprint density at radius 3 is 2.43 bits per heavy atom. The van der Waals surface area contributed by atoms with Crippen molar-refractivity contribution >= 4 is 5.91 Å². The highest BCUT2D eigenvalue weighted by Crippen LogP contribution is 2.37. The van der Waals surface area contributed by atoms with Gasteiger partial charge in [-0.05, 0) is 31.9 Å². The lowest BCUT2D eigenvalue weighted by Gasteiger charge is -2.26. The summed E-state index contributed by atoms with van der Waals surface area (Å²) >= 11 is 0. The van der Waals surface area contributed by atoms with E-state index in [9.17, 15) is 4.79 Å². The van der Waals surface area contributed by atoms with Gasteiger partial charge < -0.3 is 9.84 Å². The van der Waals surface area contributed by atoms with E-state index in [1.54, 1.807) is 6.92 Å². The quantitative estimate of drug-likeness (QED) is 0.941. The van der Waals surface area contributed by atoms with Crippen molar-refractivity contribution in [1.82, 2.24) is 15.5 Å². The van der Waals surface area contributed by atoms with Crippen molar-refractivity contribution in [3.8, 4) is 0 Å². The Morgan fingerprint density at radius 1 is 1.19 bits per heavy atom. The Bertz CT molecular complexity index is 640. The third-order valence-corrected chi connectivity index (χ3v) is 4.08. The molecule has 1 heterocycles. The summed E-state index contributed by atoms with van der Waals surface area (Å²) < 4.78 is 5.09. The zero-order valence-electron chi connectivity index (χ0n) is 12.3. The lowest BCUT2D eigenvalue weighted by Crippen LogP contribution is -2.44. The lowest BCUT2D eigenvalue weighted by atomic mass is 9.95. The van der Waals surface area contributed by atoms with E-state index in [1.165, 1.54) is 0 Å². The summed E-state index contributed by atoms with van der Waals surface area (Å²) in [7, 11) is 0. The van der Waals surface area contributed by atoms with Crippen LogP contribution in [0.4, 0.5) is 0 Å². The molecular formula is C16H19N3O2. The number of rotatable bonds is 3. The summed E-state index contributed by atoms with van der Waals surface area (Å²) in [6.07, 6.45) is 3.82. The molecule has 110 valence electrons. The van der Waals surface area contributed by atoms with E-state index in [1.807, 2.05) is 31.2 Å². The number of carbonyl (C=O) groups excluding carboxylic acids is 1. The van der Waals surface area contributed by atoms with Gasteiger partial charge in [-0.1, -0.05) is 35.7 Å². The predicted octanol–water partition coefficient (Wildman–Crippen LogP) is 2.89. The van der Waals surface area contributed by atoms with Gasteiger partial charge in [-0.2, -0.15) is 4.98 Å². The highest BCUT2D eigenvalue weighted by Gasteiger charge is 2.41. The van der Waals surface area contributed by atoms with Crippen molar-refractivity contribution in [2.75, 3.05) is 0 Å². The van der Waals surface area contributed by atoms with E-state index in [4.69, 9.17) is 4.52 Å². The topological polar surface area (TPSA) is 68.0 Å². The molecule has 0 aliphatic heterocycles. The Morgan fingerprint density at radius 2 is 1.86 bits per heavy atom. The molecule has 1 saturated carbocycles. The molecule has 1 aromatic carbocycles. The molecule has 1 aliphatic rings. The van der Waals surface area contributed by atoms with Gasteiger partial charge in [-0.15, -0.1) is 0 Å². The molecule has 0 saturated heterocycles. The smallest absolute Gasteiger partial charge is 0.252 e. The second-order valence-electron chi connectivity index (χ2n) is 5.75. The summed E-state index contributed by atoms with van der Waals surface area (Å²) in [5.74, 6) is 1.04. The first-order valence-electron chi connectivity index (χ1n) is 7.29. The summed E-state index contributed by atoms with van der Waals surface area (Å²) in [6.45, 7) is 3.77. The van der Waals surface area contributed by atoms with Crippen molar-refractivity contribution in [1.29, 1.82) is 0 Å². The van der Waals surface area contributed by atoms with E-state index in [0.29, 0.717) is 17.3 Å². The Kier molecular flexibility index (Phi) is 3.49. The monoisotopic (exact) mass is 285 g/mol. The summed E-state index contributed by atoms with van der Waals surface area (Å²) in [4.78, 5) is 16.8. The van der Waals surface area contributed by atoms with Crippen LogP contribution in [-0.2, 0) is 5.54 Å². The van der Waals surface area contributed by atoms with Crippen molar-refractivity contribution in [3.05, 3.63) is 47.1 Å². The van der Waals surface area contributed by atoms with E-state index in [0.717, 1.165) is 31.2 Å². The van der Waals surface area contributed by atoms with Gasteiger partial charge in [-0.25, -0.2) is 0 Å². The van der Waals surface area contributed by atoms with Crippen LogP contribution in [0.15, 0.2) is 28.8 Å². The highest BCUT2D eigenvalue weighted by atomic mass is 16.5. The Balaban J connectivity index is 1.85. The molecule has 3 rings (SSSR count). The molecule has 5 heteroatoms. The van der Waals surface area contributed by atoms with Gasteiger partial charge in [0.2, 0.25) is 5.89 Å². The number of aryl methyl sites for hydroxylation is 2. The van der Waals surface area contributed by atoms with E-state index in [2.05, 4.69) is 15.5 Å². The number of amides is 1. The van der Waals surface area contributed by atoms with Crippen LogP contribution in [-0.4, -0.2) is 16.0 Å². The molecule has 21 heavy (non-hydrogen) atoms. The zero-order chi connectivity index (χ0) is 14.9. The van der Waals surface area contributed by atoms with Gasteiger partial charge in [0.15, 0.2) is 5.82 Å². The second-order valence-corrected chi connectivity index (χ2v) is 5.75. The largest absolute Gasteiger partial charge is 0.340 e. The molecule has 0 atom stereocenters. The molecule has 1 aliphatic carbocycles. The molecule has 0 unspecified atom stereocenters. The first-order valence-corrected chi connectivity index (χ1v) is 7.29. The predicted molar refractivity (Wildman–Crippen MR) is 77.8 cm³/mol. The minimum absolute atomic E-state index is 0.0839. The van der Waals surface area contributed by atoms with Crippen LogP contribution in [0.2, 0.25) is 0 Å². The lowest BCUT2D eigenvalue weighted by molar-refractivity contribution is 0.0892. The fourth-order valence-corrected chi connectivity index (χ4v) is 2.87. The molecule has 2 aromatic rings. The molecule has 0 radical (unpaired) electrons. The summed E-state index contributed by atoms with van der Waals surface area (Å²) in [5, 5.41) is 7.16. The van der Waals surface area contributed by atoms with Crippen molar-refractivity contribution < 1.29 is 9.32 Å². The SMILES string of the molecule is Cc1ccc(C(=O)NC2(c3noc(C)n3)CCCC2)cc1.